The lowest BCUT2D eigenvalue weighted by atomic mass is 10.1. The zero-order chi connectivity index (χ0) is 14.3. The second-order valence-electron chi connectivity index (χ2n) is 3.92. The van der Waals surface area contributed by atoms with Gasteiger partial charge in [0.15, 0.2) is 0 Å². The largest absolute Gasteiger partial charge is 0.418 e. The molecule has 0 unspecified atom stereocenters. The molecule has 19 heavy (non-hydrogen) atoms. The van der Waals surface area contributed by atoms with E-state index in [4.69, 9.17) is 5.73 Å². The fourth-order valence-corrected chi connectivity index (χ4v) is 1.48. The van der Waals surface area contributed by atoms with Crippen LogP contribution in [0.25, 0.3) is 0 Å². The maximum absolute atomic E-state index is 12.7. The van der Waals surface area contributed by atoms with Crippen LogP contribution in [-0.2, 0) is 6.18 Å². The molecule has 0 heterocycles. The monoisotopic (exact) mass is 275 g/mol. The predicted molar refractivity (Wildman–Crippen MR) is 66.8 cm³/mol. The first kappa shape index (κ1) is 15.3. The van der Waals surface area contributed by atoms with Gasteiger partial charge in [0.2, 0.25) is 0 Å². The summed E-state index contributed by atoms with van der Waals surface area (Å²) in [6.07, 6.45) is -3.06. The smallest absolute Gasteiger partial charge is 0.338 e. The Morgan fingerprint density at radius 2 is 1.89 bits per heavy atom. The summed E-state index contributed by atoms with van der Waals surface area (Å²) in [5, 5.41) is 4.66. The molecule has 0 aliphatic carbocycles. The van der Waals surface area contributed by atoms with E-state index in [-0.39, 0.29) is 5.69 Å². The lowest BCUT2D eigenvalue weighted by molar-refractivity contribution is -0.136. The number of carbonyl (C=O) groups is 1. The normalized spacial score (nSPS) is 11.2. The second kappa shape index (κ2) is 6.98. The summed E-state index contributed by atoms with van der Waals surface area (Å²) in [6, 6.07) is 4.17. The summed E-state index contributed by atoms with van der Waals surface area (Å²) in [5.41, 5.74) is 4.16. The minimum absolute atomic E-state index is 0.258. The first-order chi connectivity index (χ1) is 8.95. The molecule has 0 spiro atoms. The molecule has 0 aliphatic rings. The predicted octanol–water partition coefficient (Wildman–Crippen LogP) is 2.57. The van der Waals surface area contributed by atoms with Crippen molar-refractivity contribution in [3.8, 4) is 0 Å². The third-order valence-electron chi connectivity index (χ3n) is 2.40. The number of para-hydroxylation sites is 1. The number of halogens is 3. The van der Waals surface area contributed by atoms with Gasteiger partial charge in [-0.3, -0.25) is 0 Å². The number of anilines is 1. The third kappa shape index (κ3) is 5.17. The molecule has 4 nitrogen and oxygen atoms in total. The Bertz CT molecular complexity index is 421. The average Bonchev–Trinajstić information content (AvgIpc) is 2.34. The molecule has 0 aromatic heterocycles. The Balaban J connectivity index is 2.59. The molecule has 1 rings (SSSR count). The molecule has 0 atom stereocenters. The van der Waals surface area contributed by atoms with Gasteiger partial charge in [-0.2, -0.15) is 13.2 Å². The number of hydrogen-bond donors (Lipinski definition) is 3. The van der Waals surface area contributed by atoms with Gasteiger partial charge in [0.25, 0.3) is 0 Å². The summed E-state index contributed by atoms with van der Waals surface area (Å²) < 4.78 is 38.0. The van der Waals surface area contributed by atoms with Gasteiger partial charge in [-0.15, -0.1) is 0 Å². The van der Waals surface area contributed by atoms with E-state index in [0.29, 0.717) is 19.5 Å². The standard InChI is InChI=1S/C12H16F3N3O/c13-12(14,15)9-5-1-2-6-10(9)18-11(19)17-8-4-3-7-16/h1-2,5-6H,3-4,7-8,16H2,(H2,17,18,19). The second-order valence-corrected chi connectivity index (χ2v) is 3.92. The third-order valence-corrected chi connectivity index (χ3v) is 2.40. The molecule has 106 valence electrons. The lowest BCUT2D eigenvalue weighted by Crippen LogP contribution is -2.30. The van der Waals surface area contributed by atoms with Crippen LogP contribution in [0.1, 0.15) is 18.4 Å². The van der Waals surface area contributed by atoms with E-state index < -0.39 is 17.8 Å². The molecular weight excluding hydrogens is 259 g/mol. The number of rotatable bonds is 5. The van der Waals surface area contributed by atoms with Crippen LogP contribution in [0.2, 0.25) is 0 Å². The van der Waals surface area contributed by atoms with Crippen LogP contribution in [0.4, 0.5) is 23.7 Å². The maximum atomic E-state index is 12.7. The van der Waals surface area contributed by atoms with Crippen molar-refractivity contribution in [2.75, 3.05) is 18.4 Å². The fourth-order valence-electron chi connectivity index (χ4n) is 1.48. The van der Waals surface area contributed by atoms with Crippen LogP contribution in [0.3, 0.4) is 0 Å². The molecule has 0 bridgehead atoms. The van der Waals surface area contributed by atoms with Crippen molar-refractivity contribution in [2.45, 2.75) is 19.0 Å². The number of carbonyl (C=O) groups excluding carboxylic acids is 1. The minimum Gasteiger partial charge on any atom is -0.338 e. The van der Waals surface area contributed by atoms with Gasteiger partial charge in [0, 0.05) is 6.54 Å². The van der Waals surface area contributed by atoms with Crippen LogP contribution in [0, 0.1) is 0 Å². The van der Waals surface area contributed by atoms with Crippen LogP contribution < -0.4 is 16.4 Å². The van der Waals surface area contributed by atoms with Gasteiger partial charge in [-0.1, -0.05) is 12.1 Å². The molecular formula is C12H16F3N3O. The number of urea groups is 1. The van der Waals surface area contributed by atoms with Gasteiger partial charge < -0.3 is 16.4 Å². The quantitative estimate of drug-likeness (QED) is 0.723. The Morgan fingerprint density at radius 1 is 1.21 bits per heavy atom. The molecule has 1 aromatic rings. The summed E-state index contributed by atoms with van der Waals surface area (Å²) >= 11 is 0. The van der Waals surface area contributed by atoms with Gasteiger partial charge in [-0.05, 0) is 31.5 Å². The Kier molecular flexibility index (Phi) is 5.62. The van der Waals surface area contributed by atoms with E-state index in [0.717, 1.165) is 12.5 Å². The summed E-state index contributed by atoms with van der Waals surface area (Å²) in [4.78, 5) is 11.4. The fraction of sp³-hybridized carbons (Fsp3) is 0.417. The van der Waals surface area contributed by atoms with Crippen molar-refractivity contribution in [2.24, 2.45) is 5.73 Å². The highest BCUT2D eigenvalue weighted by Gasteiger charge is 2.33. The van der Waals surface area contributed by atoms with E-state index in [1.165, 1.54) is 18.2 Å². The topological polar surface area (TPSA) is 67.1 Å². The number of hydrogen-bond acceptors (Lipinski definition) is 2. The van der Waals surface area contributed by atoms with Crippen molar-refractivity contribution in [1.82, 2.24) is 5.32 Å². The number of nitrogens with two attached hydrogens (primary N) is 1. The zero-order valence-corrected chi connectivity index (χ0v) is 10.3. The highest BCUT2D eigenvalue weighted by atomic mass is 19.4. The molecule has 0 fully saturated rings. The van der Waals surface area contributed by atoms with E-state index in [1.807, 2.05) is 0 Å². The molecule has 0 radical (unpaired) electrons. The van der Waals surface area contributed by atoms with Crippen LogP contribution >= 0.6 is 0 Å². The number of alkyl halides is 3. The van der Waals surface area contributed by atoms with Crippen LogP contribution in [0.5, 0.6) is 0 Å². The van der Waals surface area contributed by atoms with Crippen molar-refractivity contribution < 1.29 is 18.0 Å². The van der Waals surface area contributed by atoms with Gasteiger partial charge in [0.1, 0.15) is 0 Å². The summed E-state index contributed by atoms with van der Waals surface area (Å²) in [5.74, 6) is 0. The molecule has 1 aromatic carbocycles. The van der Waals surface area contributed by atoms with Crippen LogP contribution in [-0.4, -0.2) is 19.1 Å². The van der Waals surface area contributed by atoms with Crippen molar-refractivity contribution in [3.63, 3.8) is 0 Å². The summed E-state index contributed by atoms with van der Waals surface area (Å²) in [7, 11) is 0. The van der Waals surface area contributed by atoms with Gasteiger partial charge in [-0.25, -0.2) is 4.79 Å². The maximum Gasteiger partial charge on any atom is 0.418 e. The molecule has 2 amide bonds. The minimum atomic E-state index is -4.50. The van der Waals surface area contributed by atoms with E-state index in [9.17, 15) is 18.0 Å². The zero-order valence-electron chi connectivity index (χ0n) is 10.3. The number of unbranched alkanes of at least 4 members (excludes halogenated alkanes) is 1. The Morgan fingerprint density at radius 3 is 2.53 bits per heavy atom. The molecule has 0 aliphatic heterocycles. The first-order valence-electron chi connectivity index (χ1n) is 5.86. The summed E-state index contributed by atoms with van der Waals surface area (Å²) in [6.45, 7) is 0.886. The van der Waals surface area contributed by atoms with E-state index in [2.05, 4.69) is 10.6 Å². The SMILES string of the molecule is NCCCCNC(=O)Nc1ccccc1C(F)(F)F. The number of nitrogens with one attached hydrogen (secondary N) is 2. The van der Waals surface area contributed by atoms with Crippen molar-refractivity contribution in [3.05, 3.63) is 29.8 Å². The van der Waals surface area contributed by atoms with Crippen LogP contribution in [0.15, 0.2) is 24.3 Å². The molecule has 0 saturated heterocycles. The van der Waals surface area contributed by atoms with Gasteiger partial charge >= 0.3 is 12.2 Å². The van der Waals surface area contributed by atoms with E-state index in [1.54, 1.807) is 0 Å². The Hall–Kier alpha value is -1.76. The molecule has 7 heteroatoms. The Labute approximate surface area is 109 Å². The van der Waals surface area contributed by atoms with Crippen molar-refractivity contribution in [1.29, 1.82) is 0 Å². The highest BCUT2D eigenvalue weighted by molar-refractivity contribution is 5.90. The average molecular weight is 275 g/mol. The lowest BCUT2D eigenvalue weighted by Gasteiger charge is -2.13. The van der Waals surface area contributed by atoms with Crippen molar-refractivity contribution >= 4 is 11.7 Å². The molecule has 4 N–H and O–H groups in total. The first-order valence-corrected chi connectivity index (χ1v) is 5.86. The van der Waals surface area contributed by atoms with E-state index >= 15 is 0 Å². The molecule has 0 saturated carbocycles. The number of amides is 2. The highest BCUT2D eigenvalue weighted by Crippen LogP contribution is 2.34. The number of benzene rings is 1. The van der Waals surface area contributed by atoms with Gasteiger partial charge in [0.05, 0.1) is 11.3 Å².